The van der Waals surface area contributed by atoms with Gasteiger partial charge in [0.25, 0.3) is 0 Å². The summed E-state index contributed by atoms with van der Waals surface area (Å²) in [6.07, 6.45) is 6.93. The van der Waals surface area contributed by atoms with E-state index in [9.17, 15) is 8.42 Å². The molecule has 1 fully saturated rings. The summed E-state index contributed by atoms with van der Waals surface area (Å²) in [4.78, 5) is 13.6. The quantitative estimate of drug-likeness (QED) is 0.303. The van der Waals surface area contributed by atoms with E-state index in [4.69, 9.17) is 14.5 Å². The number of sulfone groups is 1. The van der Waals surface area contributed by atoms with Crippen LogP contribution in [0.5, 0.6) is 5.88 Å². The van der Waals surface area contributed by atoms with E-state index in [1.54, 1.807) is 30.2 Å². The summed E-state index contributed by atoms with van der Waals surface area (Å²) in [5.41, 5.74) is 3.82. The van der Waals surface area contributed by atoms with E-state index in [0.29, 0.717) is 53.7 Å². The molecule has 0 saturated carbocycles. The lowest BCUT2D eigenvalue weighted by molar-refractivity contribution is 0.0542. The molecule has 5 aromatic heterocycles. The van der Waals surface area contributed by atoms with Crippen LogP contribution in [0.15, 0.2) is 41.7 Å². The van der Waals surface area contributed by atoms with Gasteiger partial charge < -0.3 is 14.0 Å². The molecular formula is C27H28FN7O4S. The maximum atomic E-state index is 15.6. The predicted molar refractivity (Wildman–Crippen MR) is 145 cm³/mol. The molecular weight excluding hydrogens is 537 g/mol. The first kappa shape index (κ1) is 26.3. The SMILES string of the molecule is COc1ncc(S(C)(=O)=O)c2c1c1ncc(-c3c(C)nnn3C)cc1n2C(c1ncccc1F)C1CCOCC1. The van der Waals surface area contributed by atoms with Gasteiger partial charge in [-0.15, -0.1) is 5.10 Å². The van der Waals surface area contributed by atoms with Crippen molar-refractivity contribution < 1.29 is 22.3 Å². The van der Waals surface area contributed by atoms with Gasteiger partial charge >= 0.3 is 0 Å². The van der Waals surface area contributed by atoms with Crippen molar-refractivity contribution >= 4 is 31.8 Å². The third kappa shape index (κ3) is 4.20. The summed E-state index contributed by atoms with van der Waals surface area (Å²) in [5.74, 6) is -0.365. The third-order valence-corrected chi connectivity index (χ3v) is 8.60. The number of methoxy groups -OCH3 is 1. The second-order valence-electron chi connectivity index (χ2n) is 10.0. The van der Waals surface area contributed by atoms with Crippen LogP contribution in [0.4, 0.5) is 4.39 Å². The maximum Gasteiger partial charge on any atom is 0.224 e. The van der Waals surface area contributed by atoms with Crippen molar-refractivity contribution in [2.75, 3.05) is 26.6 Å². The first-order valence-electron chi connectivity index (χ1n) is 12.8. The van der Waals surface area contributed by atoms with Crippen molar-refractivity contribution in [3.8, 4) is 17.1 Å². The average molecular weight is 566 g/mol. The highest BCUT2D eigenvalue weighted by atomic mass is 32.2. The molecule has 0 bridgehead atoms. The summed E-state index contributed by atoms with van der Waals surface area (Å²) in [7, 11) is -0.517. The molecule has 5 aromatic rings. The molecule has 1 aliphatic rings. The van der Waals surface area contributed by atoms with Crippen molar-refractivity contribution in [3.05, 3.63) is 54.0 Å². The van der Waals surface area contributed by atoms with Gasteiger partial charge in [0.05, 0.1) is 52.8 Å². The van der Waals surface area contributed by atoms with Crippen LogP contribution in [0.3, 0.4) is 0 Å². The number of aromatic nitrogens is 7. The van der Waals surface area contributed by atoms with Gasteiger partial charge in [0.2, 0.25) is 5.88 Å². The van der Waals surface area contributed by atoms with Gasteiger partial charge in [0.15, 0.2) is 9.84 Å². The second-order valence-corrected chi connectivity index (χ2v) is 12.0. The zero-order valence-corrected chi connectivity index (χ0v) is 23.3. The van der Waals surface area contributed by atoms with Gasteiger partial charge in [-0.1, -0.05) is 5.21 Å². The van der Waals surface area contributed by atoms with Gasteiger partial charge in [0.1, 0.15) is 16.2 Å². The Hall–Kier alpha value is -3.97. The van der Waals surface area contributed by atoms with Crippen molar-refractivity contribution in [2.24, 2.45) is 13.0 Å². The first-order chi connectivity index (χ1) is 19.2. The summed E-state index contributed by atoms with van der Waals surface area (Å²) in [5, 5.41) is 8.73. The van der Waals surface area contributed by atoms with Crippen LogP contribution in [0, 0.1) is 18.7 Å². The van der Waals surface area contributed by atoms with Crippen LogP contribution in [0.1, 0.15) is 30.3 Å². The van der Waals surface area contributed by atoms with E-state index in [1.807, 2.05) is 17.6 Å². The molecule has 0 radical (unpaired) electrons. The van der Waals surface area contributed by atoms with Crippen molar-refractivity contribution in [1.29, 1.82) is 0 Å². The molecule has 6 rings (SSSR count). The molecule has 0 spiro atoms. The molecule has 40 heavy (non-hydrogen) atoms. The highest BCUT2D eigenvalue weighted by molar-refractivity contribution is 7.91. The number of halogens is 1. The molecule has 6 heterocycles. The lowest BCUT2D eigenvalue weighted by Crippen LogP contribution is -2.28. The molecule has 1 aliphatic heterocycles. The van der Waals surface area contributed by atoms with Gasteiger partial charge in [0, 0.05) is 44.5 Å². The van der Waals surface area contributed by atoms with Crippen LogP contribution >= 0.6 is 0 Å². The Labute approximate surface area is 229 Å². The number of nitrogens with zero attached hydrogens (tertiary/aromatic N) is 7. The lowest BCUT2D eigenvalue weighted by atomic mass is 9.88. The van der Waals surface area contributed by atoms with Crippen molar-refractivity contribution in [2.45, 2.75) is 30.7 Å². The average Bonchev–Trinajstić information content (AvgIpc) is 3.45. The molecule has 208 valence electrons. The molecule has 0 aliphatic carbocycles. The number of hydrogen-bond acceptors (Lipinski definition) is 9. The van der Waals surface area contributed by atoms with Crippen LogP contribution in [-0.2, 0) is 21.6 Å². The maximum absolute atomic E-state index is 15.6. The number of fused-ring (bicyclic) bond motifs is 3. The number of ether oxygens (including phenoxy) is 2. The van der Waals surface area contributed by atoms with E-state index in [1.165, 1.54) is 19.4 Å². The molecule has 0 amide bonds. The minimum Gasteiger partial charge on any atom is -0.480 e. The summed E-state index contributed by atoms with van der Waals surface area (Å²) in [6.45, 7) is 2.85. The topological polar surface area (TPSA) is 127 Å². The van der Waals surface area contributed by atoms with E-state index in [-0.39, 0.29) is 22.4 Å². The summed E-state index contributed by atoms with van der Waals surface area (Å²) in [6, 6.07) is 4.15. The Morgan fingerprint density at radius 2 is 1.95 bits per heavy atom. The smallest absolute Gasteiger partial charge is 0.224 e. The Morgan fingerprint density at radius 1 is 1.18 bits per heavy atom. The van der Waals surface area contributed by atoms with Gasteiger partial charge in [-0.25, -0.2) is 22.5 Å². The lowest BCUT2D eigenvalue weighted by Gasteiger charge is -2.32. The fourth-order valence-electron chi connectivity index (χ4n) is 5.77. The van der Waals surface area contributed by atoms with E-state index >= 15 is 4.39 Å². The second kappa shape index (κ2) is 9.89. The Kier molecular flexibility index (Phi) is 6.50. The predicted octanol–water partition coefficient (Wildman–Crippen LogP) is 3.65. The monoisotopic (exact) mass is 565 g/mol. The van der Waals surface area contributed by atoms with E-state index in [2.05, 4.69) is 20.3 Å². The number of aryl methyl sites for hydroxylation is 2. The molecule has 0 N–H and O–H groups in total. The Balaban J connectivity index is 1.81. The molecule has 1 saturated heterocycles. The van der Waals surface area contributed by atoms with Crippen LogP contribution < -0.4 is 4.74 Å². The first-order valence-corrected chi connectivity index (χ1v) is 14.7. The number of hydrogen-bond donors (Lipinski definition) is 0. The fourth-order valence-corrected chi connectivity index (χ4v) is 6.57. The molecule has 13 heteroatoms. The van der Waals surface area contributed by atoms with Crippen LogP contribution in [0.25, 0.3) is 33.2 Å². The van der Waals surface area contributed by atoms with Gasteiger partial charge in [-0.2, -0.15) is 0 Å². The molecule has 1 atom stereocenters. The third-order valence-electron chi connectivity index (χ3n) is 7.51. The van der Waals surface area contributed by atoms with Crippen molar-refractivity contribution in [3.63, 3.8) is 0 Å². The van der Waals surface area contributed by atoms with Gasteiger partial charge in [-0.3, -0.25) is 9.97 Å². The fraction of sp³-hybridized carbons (Fsp3) is 0.370. The summed E-state index contributed by atoms with van der Waals surface area (Å²) >= 11 is 0. The largest absolute Gasteiger partial charge is 0.480 e. The molecule has 1 unspecified atom stereocenters. The zero-order valence-electron chi connectivity index (χ0n) is 22.5. The number of rotatable bonds is 6. The van der Waals surface area contributed by atoms with Crippen LogP contribution in [-0.4, -0.2) is 69.5 Å². The highest BCUT2D eigenvalue weighted by Crippen LogP contribution is 2.44. The molecule has 11 nitrogen and oxygen atoms in total. The molecule has 0 aromatic carbocycles. The highest BCUT2D eigenvalue weighted by Gasteiger charge is 2.35. The normalized spacial score (nSPS) is 15.6. The zero-order chi connectivity index (χ0) is 28.2. The van der Waals surface area contributed by atoms with E-state index < -0.39 is 21.7 Å². The van der Waals surface area contributed by atoms with Crippen molar-refractivity contribution in [1.82, 2.24) is 34.5 Å². The Morgan fingerprint density at radius 3 is 2.60 bits per heavy atom. The standard InChI is InChI=1S/C27H28FN7O4S/c1-15-24(34(2)33-32-15)17-12-19-23(30-13-17)21-26(20(40(4,36)37)14-31-27(21)38-3)35(19)25(16-7-10-39-11-8-16)22-18(28)6-5-9-29-22/h5-6,9,12-14,16,25H,7-8,10-11H2,1-4H3. The summed E-state index contributed by atoms with van der Waals surface area (Å²) < 4.78 is 56.7. The minimum atomic E-state index is -3.78. The van der Waals surface area contributed by atoms with Crippen LogP contribution in [0.2, 0.25) is 0 Å². The number of pyridine rings is 3. The van der Waals surface area contributed by atoms with Gasteiger partial charge in [-0.05, 0) is 43.9 Å². The Bertz CT molecular complexity index is 1840. The minimum absolute atomic E-state index is 0.00497. The van der Waals surface area contributed by atoms with E-state index in [0.717, 1.165) is 17.5 Å².